The van der Waals surface area contributed by atoms with Crippen molar-refractivity contribution in [2.45, 2.75) is 39.5 Å². The topological polar surface area (TPSA) is 3.24 Å². The molecule has 11 heavy (non-hydrogen) atoms. The molecule has 0 spiro atoms. The smallest absolute Gasteiger partial charge is 0.00166 e. The van der Waals surface area contributed by atoms with E-state index in [1.807, 2.05) is 0 Å². The molecule has 0 radical (unpaired) electrons. The van der Waals surface area contributed by atoms with E-state index in [4.69, 9.17) is 0 Å². The predicted molar refractivity (Wildman–Crippen MR) is 49.7 cm³/mol. The first-order valence-corrected chi connectivity index (χ1v) is 4.91. The fraction of sp³-hybridized carbons (Fsp3) is 1.00. The molecule has 1 saturated carbocycles. The number of rotatable bonds is 5. The van der Waals surface area contributed by atoms with Crippen LogP contribution in [-0.2, 0) is 0 Å². The van der Waals surface area contributed by atoms with Gasteiger partial charge in [-0.05, 0) is 44.8 Å². The summed E-state index contributed by atoms with van der Waals surface area (Å²) < 4.78 is 0. The standard InChI is InChI=1S/C10H21N/c1-4-10(6-7-10)8-9-11(3)5-2/h4-9H2,1-3H3. The molecule has 1 fully saturated rings. The summed E-state index contributed by atoms with van der Waals surface area (Å²) in [6.07, 6.45) is 5.79. The van der Waals surface area contributed by atoms with Gasteiger partial charge in [0.25, 0.3) is 0 Å². The summed E-state index contributed by atoms with van der Waals surface area (Å²) in [7, 11) is 2.21. The van der Waals surface area contributed by atoms with Gasteiger partial charge in [0, 0.05) is 0 Å². The molecule has 0 aromatic rings. The van der Waals surface area contributed by atoms with Crippen molar-refractivity contribution in [2.24, 2.45) is 5.41 Å². The van der Waals surface area contributed by atoms with Gasteiger partial charge in [-0.2, -0.15) is 0 Å². The number of nitrogens with zero attached hydrogens (tertiary/aromatic N) is 1. The molecule has 1 aliphatic carbocycles. The van der Waals surface area contributed by atoms with Gasteiger partial charge in [-0.3, -0.25) is 0 Å². The monoisotopic (exact) mass is 155 g/mol. The first-order chi connectivity index (χ1) is 5.22. The van der Waals surface area contributed by atoms with Crippen LogP contribution in [-0.4, -0.2) is 25.0 Å². The summed E-state index contributed by atoms with van der Waals surface area (Å²) in [5, 5.41) is 0. The Morgan fingerprint density at radius 2 is 1.91 bits per heavy atom. The zero-order valence-corrected chi connectivity index (χ0v) is 8.19. The highest BCUT2D eigenvalue weighted by Crippen LogP contribution is 2.51. The van der Waals surface area contributed by atoms with Crippen LogP contribution in [0.2, 0.25) is 0 Å². The van der Waals surface area contributed by atoms with Crippen molar-refractivity contribution in [2.75, 3.05) is 20.1 Å². The molecule has 66 valence electrons. The van der Waals surface area contributed by atoms with Gasteiger partial charge >= 0.3 is 0 Å². The second-order valence-electron chi connectivity index (χ2n) is 4.00. The summed E-state index contributed by atoms with van der Waals surface area (Å²) in [6.45, 7) is 7.05. The molecule has 0 unspecified atom stereocenters. The third kappa shape index (κ3) is 2.48. The van der Waals surface area contributed by atoms with Crippen molar-refractivity contribution in [3.8, 4) is 0 Å². The van der Waals surface area contributed by atoms with Gasteiger partial charge in [0.1, 0.15) is 0 Å². The lowest BCUT2D eigenvalue weighted by molar-refractivity contribution is 0.299. The van der Waals surface area contributed by atoms with E-state index in [0.29, 0.717) is 0 Å². The van der Waals surface area contributed by atoms with Gasteiger partial charge in [-0.15, -0.1) is 0 Å². The normalized spacial score (nSPS) is 20.7. The van der Waals surface area contributed by atoms with Gasteiger partial charge in [0.2, 0.25) is 0 Å². The average Bonchev–Trinajstić information content (AvgIpc) is 2.81. The van der Waals surface area contributed by atoms with Crippen LogP contribution in [0.25, 0.3) is 0 Å². The van der Waals surface area contributed by atoms with Crippen molar-refractivity contribution in [3.63, 3.8) is 0 Å². The number of hydrogen-bond acceptors (Lipinski definition) is 1. The summed E-state index contributed by atoms with van der Waals surface area (Å²) in [6, 6.07) is 0. The lowest BCUT2D eigenvalue weighted by Gasteiger charge is -2.18. The highest BCUT2D eigenvalue weighted by Gasteiger charge is 2.39. The van der Waals surface area contributed by atoms with E-state index in [-0.39, 0.29) is 0 Å². The Bertz CT molecular complexity index is 116. The van der Waals surface area contributed by atoms with Gasteiger partial charge in [-0.25, -0.2) is 0 Å². The van der Waals surface area contributed by atoms with Crippen LogP contribution in [0.5, 0.6) is 0 Å². The fourth-order valence-corrected chi connectivity index (χ4v) is 1.54. The lowest BCUT2D eigenvalue weighted by atomic mass is 9.99. The van der Waals surface area contributed by atoms with Crippen LogP contribution in [0.3, 0.4) is 0 Å². The lowest BCUT2D eigenvalue weighted by Crippen LogP contribution is -2.21. The summed E-state index contributed by atoms with van der Waals surface area (Å²) >= 11 is 0. The van der Waals surface area contributed by atoms with Crippen LogP contribution < -0.4 is 0 Å². The summed E-state index contributed by atoms with van der Waals surface area (Å²) in [5.41, 5.74) is 0.781. The first-order valence-electron chi connectivity index (χ1n) is 4.91. The van der Waals surface area contributed by atoms with Crippen LogP contribution in [0, 0.1) is 5.41 Å². The van der Waals surface area contributed by atoms with E-state index in [9.17, 15) is 0 Å². The maximum Gasteiger partial charge on any atom is -0.00166 e. The van der Waals surface area contributed by atoms with Gasteiger partial charge in [-0.1, -0.05) is 20.3 Å². The molecule has 1 aliphatic rings. The molecular weight excluding hydrogens is 134 g/mol. The Morgan fingerprint density at radius 3 is 2.27 bits per heavy atom. The van der Waals surface area contributed by atoms with Crippen LogP contribution in [0.1, 0.15) is 39.5 Å². The Morgan fingerprint density at radius 1 is 1.27 bits per heavy atom. The molecule has 0 saturated heterocycles. The molecule has 0 N–H and O–H groups in total. The Hall–Kier alpha value is -0.0400. The SMILES string of the molecule is CCN(C)CCC1(CC)CC1. The van der Waals surface area contributed by atoms with Gasteiger partial charge in [0.05, 0.1) is 0 Å². The van der Waals surface area contributed by atoms with Crippen LogP contribution >= 0.6 is 0 Å². The van der Waals surface area contributed by atoms with Crippen molar-refractivity contribution < 1.29 is 0 Å². The Kier molecular flexibility index (Phi) is 2.94. The molecule has 0 aromatic carbocycles. The predicted octanol–water partition coefficient (Wildman–Crippen LogP) is 2.52. The van der Waals surface area contributed by atoms with Crippen molar-refractivity contribution in [1.82, 2.24) is 4.90 Å². The maximum absolute atomic E-state index is 2.41. The van der Waals surface area contributed by atoms with Crippen LogP contribution in [0.15, 0.2) is 0 Å². The Balaban J connectivity index is 2.11. The Labute approximate surface area is 70.8 Å². The highest BCUT2D eigenvalue weighted by atomic mass is 15.1. The zero-order valence-electron chi connectivity index (χ0n) is 8.19. The van der Waals surface area contributed by atoms with E-state index in [1.165, 1.54) is 38.8 Å². The van der Waals surface area contributed by atoms with Gasteiger partial charge in [0.15, 0.2) is 0 Å². The largest absolute Gasteiger partial charge is 0.307 e. The quantitative estimate of drug-likeness (QED) is 0.589. The zero-order chi connectivity index (χ0) is 8.32. The van der Waals surface area contributed by atoms with Crippen LogP contribution in [0.4, 0.5) is 0 Å². The third-order valence-electron chi connectivity index (χ3n) is 3.27. The second kappa shape index (κ2) is 3.57. The second-order valence-corrected chi connectivity index (χ2v) is 4.00. The molecular formula is C10H21N. The molecule has 1 nitrogen and oxygen atoms in total. The molecule has 0 heterocycles. The molecule has 0 amide bonds. The van der Waals surface area contributed by atoms with E-state index in [2.05, 4.69) is 25.8 Å². The minimum atomic E-state index is 0.781. The third-order valence-corrected chi connectivity index (χ3v) is 3.27. The first kappa shape index (κ1) is 9.05. The van der Waals surface area contributed by atoms with Crippen molar-refractivity contribution >= 4 is 0 Å². The molecule has 1 heteroatoms. The minimum Gasteiger partial charge on any atom is -0.307 e. The molecule has 0 aromatic heterocycles. The molecule has 0 atom stereocenters. The van der Waals surface area contributed by atoms with Gasteiger partial charge < -0.3 is 4.90 Å². The molecule has 1 rings (SSSR count). The van der Waals surface area contributed by atoms with E-state index in [1.54, 1.807) is 0 Å². The summed E-state index contributed by atoms with van der Waals surface area (Å²) in [5.74, 6) is 0. The van der Waals surface area contributed by atoms with E-state index >= 15 is 0 Å². The molecule has 0 aliphatic heterocycles. The highest BCUT2D eigenvalue weighted by molar-refractivity contribution is 4.91. The van der Waals surface area contributed by atoms with E-state index < -0.39 is 0 Å². The minimum absolute atomic E-state index is 0.781. The van der Waals surface area contributed by atoms with Crippen molar-refractivity contribution in [1.29, 1.82) is 0 Å². The van der Waals surface area contributed by atoms with E-state index in [0.717, 1.165) is 5.41 Å². The molecule has 0 bridgehead atoms. The van der Waals surface area contributed by atoms with Crippen molar-refractivity contribution in [3.05, 3.63) is 0 Å². The average molecular weight is 155 g/mol. The maximum atomic E-state index is 2.41. The fourth-order valence-electron chi connectivity index (χ4n) is 1.54. The summed E-state index contributed by atoms with van der Waals surface area (Å²) in [4.78, 5) is 2.41. The number of hydrogen-bond donors (Lipinski definition) is 0.